The van der Waals surface area contributed by atoms with Gasteiger partial charge in [0.25, 0.3) is 0 Å². The third kappa shape index (κ3) is 2.19. The van der Waals surface area contributed by atoms with Crippen molar-refractivity contribution in [2.45, 2.75) is 6.42 Å². The molecule has 0 aliphatic carbocycles. The van der Waals surface area contributed by atoms with E-state index in [0.717, 1.165) is 11.3 Å². The molecular formula is C10H11N3O2. The van der Waals surface area contributed by atoms with Gasteiger partial charge in [-0.2, -0.15) is 5.10 Å². The number of nitrogens with zero attached hydrogens (tertiary/aromatic N) is 3. The van der Waals surface area contributed by atoms with Crippen molar-refractivity contribution >= 4 is 11.4 Å². The lowest BCUT2D eigenvalue weighted by molar-refractivity contribution is -0.122. The standard InChI is InChI=1S/C10H11N3O2/c1-15-7-9(14)6-8-3-5-13-10(12-8)2-4-11-13/h2-5H,6-7H2,1H3. The van der Waals surface area contributed by atoms with Gasteiger partial charge in [0.1, 0.15) is 6.61 Å². The molecule has 0 bridgehead atoms. The molecular weight excluding hydrogens is 194 g/mol. The Bertz CT molecular complexity index is 478. The Hall–Kier alpha value is -1.75. The topological polar surface area (TPSA) is 56.5 Å². The lowest BCUT2D eigenvalue weighted by Gasteiger charge is -2.00. The molecule has 0 saturated carbocycles. The van der Waals surface area contributed by atoms with Crippen LogP contribution in [-0.4, -0.2) is 34.1 Å². The van der Waals surface area contributed by atoms with E-state index in [1.807, 2.05) is 0 Å². The number of methoxy groups -OCH3 is 1. The number of carbonyl (C=O) groups excluding carboxylic acids is 1. The number of fused-ring (bicyclic) bond motifs is 1. The van der Waals surface area contributed by atoms with E-state index in [1.54, 1.807) is 29.0 Å². The van der Waals surface area contributed by atoms with Gasteiger partial charge < -0.3 is 4.74 Å². The van der Waals surface area contributed by atoms with Crippen LogP contribution in [-0.2, 0) is 16.0 Å². The highest BCUT2D eigenvalue weighted by Gasteiger charge is 2.05. The summed E-state index contributed by atoms with van der Waals surface area (Å²) in [5, 5.41) is 4.02. The SMILES string of the molecule is COCC(=O)Cc1ccn2nccc2n1. The number of aromatic nitrogens is 3. The monoisotopic (exact) mass is 205 g/mol. The zero-order valence-electron chi connectivity index (χ0n) is 8.38. The minimum absolute atomic E-state index is 0.0221. The van der Waals surface area contributed by atoms with Crippen LogP contribution in [0.5, 0.6) is 0 Å². The fourth-order valence-corrected chi connectivity index (χ4v) is 1.36. The van der Waals surface area contributed by atoms with Gasteiger partial charge in [-0.1, -0.05) is 0 Å². The Morgan fingerprint density at radius 2 is 2.40 bits per heavy atom. The quantitative estimate of drug-likeness (QED) is 0.728. The molecule has 0 atom stereocenters. The van der Waals surface area contributed by atoms with Gasteiger partial charge in [-0.25, -0.2) is 9.50 Å². The number of ether oxygens (including phenoxy) is 1. The third-order valence-corrected chi connectivity index (χ3v) is 2.00. The normalized spacial score (nSPS) is 10.7. The van der Waals surface area contributed by atoms with Crippen LogP contribution in [0.15, 0.2) is 24.5 Å². The minimum atomic E-state index is 0.0221. The van der Waals surface area contributed by atoms with Crippen molar-refractivity contribution in [1.29, 1.82) is 0 Å². The highest BCUT2D eigenvalue weighted by molar-refractivity contribution is 5.81. The van der Waals surface area contributed by atoms with Crippen molar-refractivity contribution in [3.8, 4) is 0 Å². The average Bonchev–Trinajstić information content (AvgIpc) is 2.65. The molecule has 0 aliphatic heterocycles. The summed E-state index contributed by atoms with van der Waals surface area (Å²) in [6, 6.07) is 3.58. The molecule has 78 valence electrons. The highest BCUT2D eigenvalue weighted by atomic mass is 16.5. The van der Waals surface area contributed by atoms with Crippen molar-refractivity contribution in [3.63, 3.8) is 0 Å². The van der Waals surface area contributed by atoms with Crippen LogP contribution in [0, 0.1) is 0 Å². The summed E-state index contributed by atoms with van der Waals surface area (Å²) < 4.78 is 6.41. The number of hydrogen-bond acceptors (Lipinski definition) is 4. The van der Waals surface area contributed by atoms with Crippen molar-refractivity contribution in [3.05, 3.63) is 30.2 Å². The van der Waals surface area contributed by atoms with Gasteiger partial charge >= 0.3 is 0 Å². The fourth-order valence-electron chi connectivity index (χ4n) is 1.36. The van der Waals surface area contributed by atoms with Gasteiger partial charge in [0, 0.05) is 19.4 Å². The van der Waals surface area contributed by atoms with Gasteiger partial charge in [-0.05, 0) is 6.07 Å². The summed E-state index contributed by atoms with van der Waals surface area (Å²) in [6.45, 7) is 0.131. The minimum Gasteiger partial charge on any atom is -0.377 e. The first-order chi connectivity index (χ1) is 7.29. The maximum atomic E-state index is 11.3. The van der Waals surface area contributed by atoms with Gasteiger partial charge in [-0.15, -0.1) is 0 Å². The summed E-state index contributed by atoms with van der Waals surface area (Å²) in [6.07, 6.45) is 3.76. The van der Waals surface area contributed by atoms with E-state index in [0.29, 0.717) is 6.42 Å². The first kappa shape index (κ1) is 9.79. The molecule has 2 heterocycles. The molecule has 0 aliphatic rings. The second kappa shape index (κ2) is 4.18. The van der Waals surface area contributed by atoms with Crippen molar-refractivity contribution in [2.24, 2.45) is 0 Å². The van der Waals surface area contributed by atoms with E-state index in [4.69, 9.17) is 4.74 Å². The largest absolute Gasteiger partial charge is 0.377 e. The van der Waals surface area contributed by atoms with E-state index in [9.17, 15) is 4.79 Å². The second-order valence-electron chi connectivity index (χ2n) is 3.20. The first-order valence-electron chi connectivity index (χ1n) is 4.59. The Morgan fingerprint density at radius 1 is 1.53 bits per heavy atom. The lowest BCUT2D eigenvalue weighted by Crippen LogP contribution is -2.11. The zero-order valence-corrected chi connectivity index (χ0v) is 8.38. The molecule has 2 rings (SSSR count). The van der Waals surface area contributed by atoms with E-state index in [1.165, 1.54) is 7.11 Å². The lowest BCUT2D eigenvalue weighted by atomic mass is 10.2. The van der Waals surface area contributed by atoms with E-state index >= 15 is 0 Å². The molecule has 5 heteroatoms. The van der Waals surface area contributed by atoms with Gasteiger partial charge in [0.15, 0.2) is 11.4 Å². The Labute approximate surface area is 86.7 Å². The molecule has 2 aromatic heterocycles. The number of rotatable bonds is 4. The van der Waals surface area contributed by atoms with Crippen LogP contribution in [0.3, 0.4) is 0 Å². The van der Waals surface area contributed by atoms with Crippen molar-refractivity contribution < 1.29 is 9.53 Å². The van der Waals surface area contributed by atoms with Crippen LogP contribution in [0.25, 0.3) is 5.65 Å². The van der Waals surface area contributed by atoms with E-state index in [-0.39, 0.29) is 12.4 Å². The smallest absolute Gasteiger partial charge is 0.164 e. The molecule has 0 spiro atoms. The van der Waals surface area contributed by atoms with Crippen LogP contribution in [0.1, 0.15) is 5.69 Å². The van der Waals surface area contributed by atoms with Crippen molar-refractivity contribution in [1.82, 2.24) is 14.6 Å². The molecule has 0 N–H and O–H groups in total. The Balaban J connectivity index is 2.17. The number of hydrogen-bond donors (Lipinski definition) is 0. The number of Topliss-reactive ketones (excluding diaryl/α,β-unsaturated/α-hetero) is 1. The average molecular weight is 205 g/mol. The fraction of sp³-hybridized carbons (Fsp3) is 0.300. The van der Waals surface area contributed by atoms with Gasteiger partial charge in [0.05, 0.1) is 18.3 Å². The molecule has 0 amide bonds. The van der Waals surface area contributed by atoms with Gasteiger partial charge in [-0.3, -0.25) is 4.79 Å². The molecule has 0 saturated heterocycles. The van der Waals surface area contributed by atoms with Crippen LogP contribution in [0.4, 0.5) is 0 Å². The predicted molar refractivity (Wildman–Crippen MR) is 53.6 cm³/mol. The van der Waals surface area contributed by atoms with Crippen molar-refractivity contribution in [2.75, 3.05) is 13.7 Å². The summed E-state index contributed by atoms with van der Waals surface area (Å²) in [7, 11) is 1.51. The van der Waals surface area contributed by atoms with E-state index in [2.05, 4.69) is 10.1 Å². The molecule has 0 aromatic carbocycles. The summed E-state index contributed by atoms with van der Waals surface area (Å²) >= 11 is 0. The Kier molecular flexibility index (Phi) is 2.73. The second-order valence-corrected chi connectivity index (χ2v) is 3.20. The van der Waals surface area contributed by atoms with Crippen LogP contribution < -0.4 is 0 Å². The number of carbonyl (C=O) groups is 1. The molecule has 2 aromatic rings. The molecule has 0 unspecified atom stereocenters. The third-order valence-electron chi connectivity index (χ3n) is 2.00. The van der Waals surface area contributed by atoms with Crippen LogP contribution in [0.2, 0.25) is 0 Å². The van der Waals surface area contributed by atoms with Crippen LogP contribution >= 0.6 is 0 Å². The summed E-state index contributed by atoms with van der Waals surface area (Å²) in [5.74, 6) is 0.0221. The van der Waals surface area contributed by atoms with Gasteiger partial charge in [0.2, 0.25) is 0 Å². The molecule has 0 fully saturated rings. The summed E-state index contributed by atoms with van der Waals surface area (Å²) in [4.78, 5) is 15.6. The zero-order chi connectivity index (χ0) is 10.7. The maximum Gasteiger partial charge on any atom is 0.164 e. The summed E-state index contributed by atoms with van der Waals surface area (Å²) in [5.41, 5.74) is 1.49. The molecule has 5 nitrogen and oxygen atoms in total. The Morgan fingerprint density at radius 3 is 3.20 bits per heavy atom. The molecule has 0 radical (unpaired) electrons. The predicted octanol–water partition coefficient (Wildman–Crippen LogP) is 0.487. The highest BCUT2D eigenvalue weighted by Crippen LogP contribution is 2.02. The molecule has 15 heavy (non-hydrogen) atoms. The maximum absolute atomic E-state index is 11.3. The van der Waals surface area contributed by atoms with E-state index < -0.39 is 0 Å². The number of ketones is 1. The first-order valence-corrected chi connectivity index (χ1v) is 4.59.